The molecular formula is C19H33IN4O2. The minimum atomic E-state index is -0.531. The third-order valence-electron chi connectivity index (χ3n) is 4.66. The lowest BCUT2D eigenvalue weighted by molar-refractivity contribution is -0.128. The number of amides is 1. The maximum absolute atomic E-state index is 12.0. The van der Waals surface area contributed by atoms with E-state index in [0.717, 1.165) is 24.7 Å². The fraction of sp³-hybridized carbons (Fsp3) is 0.684. The van der Waals surface area contributed by atoms with Gasteiger partial charge in [-0.2, -0.15) is 0 Å². The molecule has 7 heteroatoms. The van der Waals surface area contributed by atoms with Gasteiger partial charge in [-0.25, -0.2) is 0 Å². The summed E-state index contributed by atoms with van der Waals surface area (Å²) >= 11 is 0. The van der Waals surface area contributed by atoms with E-state index in [-0.39, 0.29) is 29.9 Å². The number of halogens is 1. The van der Waals surface area contributed by atoms with Crippen LogP contribution in [0, 0.1) is 5.41 Å². The second-order valence-electron chi connectivity index (χ2n) is 7.36. The lowest BCUT2D eigenvalue weighted by Gasteiger charge is -2.26. The van der Waals surface area contributed by atoms with E-state index in [0.29, 0.717) is 12.6 Å². The number of hydrogen-bond donors (Lipinski definition) is 3. The summed E-state index contributed by atoms with van der Waals surface area (Å²) in [5.41, 5.74) is -0.531. The van der Waals surface area contributed by atoms with Crippen LogP contribution in [0.4, 0.5) is 0 Å². The van der Waals surface area contributed by atoms with Crippen LogP contribution in [-0.2, 0) is 11.2 Å². The number of carbonyl (C=O) groups is 1. The molecule has 1 aromatic rings. The Morgan fingerprint density at radius 3 is 2.65 bits per heavy atom. The second kappa shape index (κ2) is 11.5. The smallest absolute Gasteiger partial charge is 0.227 e. The standard InChI is InChI=1S/C19H32N4O2.HI/c1-19(2,17(24)20-3)14-22-18(23-15-8-5-4-6-9-15)21-12-11-16-10-7-13-25-16;/h7,10,13,15H,4-6,8-9,11-12,14H2,1-3H3,(H,20,24)(H2,21,22,23);1H. The SMILES string of the molecule is CNC(=O)C(C)(C)CN=C(NCCc1ccco1)NC1CCCCC1.I. The van der Waals surface area contributed by atoms with Crippen molar-refractivity contribution in [2.24, 2.45) is 10.4 Å². The van der Waals surface area contributed by atoms with Gasteiger partial charge >= 0.3 is 0 Å². The zero-order valence-corrected chi connectivity index (χ0v) is 18.5. The third kappa shape index (κ3) is 7.55. The molecule has 0 radical (unpaired) electrons. The summed E-state index contributed by atoms with van der Waals surface area (Å²) < 4.78 is 5.37. The second-order valence-corrected chi connectivity index (χ2v) is 7.36. The molecule has 0 bridgehead atoms. The van der Waals surface area contributed by atoms with Gasteiger partial charge in [0.15, 0.2) is 5.96 Å². The van der Waals surface area contributed by atoms with Crippen molar-refractivity contribution in [3.63, 3.8) is 0 Å². The maximum Gasteiger partial charge on any atom is 0.227 e. The molecule has 1 saturated carbocycles. The largest absolute Gasteiger partial charge is 0.469 e. The Labute approximate surface area is 174 Å². The van der Waals surface area contributed by atoms with Gasteiger partial charge in [-0.1, -0.05) is 19.3 Å². The van der Waals surface area contributed by atoms with Crippen molar-refractivity contribution in [3.8, 4) is 0 Å². The molecule has 0 saturated heterocycles. The number of hydrogen-bond acceptors (Lipinski definition) is 3. The molecular weight excluding hydrogens is 443 g/mol. The molecule has 1 aromatic heterocycles. The summed E-state index contributed by atoms with van der Waals surface area (Å²) in [4.78, 5) is 16.7. The molecule has 2 rings (SSSR count). The van der Waals surface area contributed by atoms with Gasteiger partial charge in [-0.3, -0.25) is 9.79 Å². The van der Waals surface area contributed by atoms with Crippen molar-refractivity contribution in [3.05, 3.63) is 24.2 Å². The van der Waals surface area contributed by atoms with Crippen LogP contribution in [0.2, 0.25) is 0 Å². The van der Waals surface area contributed by atoms with Crippen LogP contribution in [0.15, 0.2) is 27.8 Å². The Morgan fingerprint density at radius 2 is 2.04 bits per heavy atom. The Balaban J connectivity index is 0.00000338. The minimum Gasteiger partial charge on any atom is -0.469 e. The first-order valence-corrected chi connectivity index (χ1v) is 9.30. The van der Waals surface area contributed by atoms with Crippen LogP contribution in [0.3, 0.4) is 0 Å². The van der Waals surface area contributed by atoms with Crippen LogP contribution >= 0.6 is 24.0 Å². The molecule has 0 unspecified atom stereocenters. The third-order valence-corrected chi connectivity index (χ3v) is 4.66. The van der Waals surface area contributed by atoms with Crippen LogP contribution in [0.25, 0.3) is 0 Å². The van der Waals surface area contributed by atoms with E-state index in [4.69, 9.17) is 4.42 Å². The summed E-state index contributed by atoms with van der Waals surface area (Å²) in [7, 11) is 1.66. The molecule has 1 fully saturated rings. The monoisotopic (exact) mass is 476 g/mol. The highest BCUT2D eigenvalue weighted by atomic mass is 127. The van der Waals surface area contributed by atoms with Gasteiger partial charge in [-0.15, -0.1) is 24.0 Å². The van der Waals surface area contributed by atoms with Crippen molar-refractivity contribution in [1.29, 1.82) is 0 Å². The Hall–Kier alpha value is -1.25. The van der Waals surface area contributed by atoms with E-state index >= 15 is 0 Å². The van der Waals surface area contributed by atoms with Gasteiger partial charge in [-0.05, 0) is 38.8 Å². The van der Waals surface area contributed by atoms with Gasteiger partial charge in [0.05, 0.1) is 18.2 Å². The molecule has 148 valence electrons. The Bertz CT molecular complexity index is 552. The number of aliphatic imine (C=N–C) groups is 1. The van der Waals surface area contributed by atoms with Gasteiger partial charge in [0.25, 0.3) is 0 Å². The van der Waals surface area contributed by atoms with E-state index in [2.05, 4.69) is 20.9 Å². The number of guanidine groups is 1. The highest BCUT2D eigenvalue weighted by Crippen LogP contribution is 2.18. The zero-order valence-electron chi connectivity index (χ0n) is 16.1. The molecule has 0 atom stereocenters. The van der Waals surface area contributed by atoms with Gasteiger partial charge < -0.3 is 20.4 Å². The molecule has 1 aliphatic rings. The van der Waals surface area contributed by atoms with Gasteiger partial charge in [0.2, 0.25) is 5.91 Å². The summed E-state index contributed by atoms with van der Waals surface area (Å²) in [6.07, 6.45) is 8.70. The highest BCUT2D eigenvalue weighted by Gasteiger charge is 2.26. The number of furan rings is 1. The van der Waals surface area contributed by atoms with Crippen molar-refractivity contribution < 1.29 is 9.21 Å². The molecule has 0 aliphatic heterocycles. The average molecular weight is 476 g/mol. The predicted octanol–water partition coefficient (Wildman–Crippen LogP) is 3.08. The van der Waals surface area contributed by atoms with Crippen molar-refractivity contribution in [2.45, 2.75) is 58.4 Å². The fourth-order valence-corrected chi connectivity index (χ4v) is 3.04. The van der Waals surface area contributed by atoms with Crippen LogP contribution in [0.5, 0.6) is 0 Å². The Morgan fingerprint density at radius 1 is 1.31 bits per heavy atom. The molecule has 0 aromatic carbocycles. The van der Waals surface area contributed by atoms with E-state index in [1.54, 1.807) is 13.3 Å². The first kappa shape index (κ1) is 22.8. The molecule has 1 heterocycles. The maximum atomic E-state index is 12.0. The number of carbonyl (C=O) groups excluding carboxylic acids is 1. The number of nitrogens with zero attached hydrogens (tertiary/aromatic N) is 1. The quantitative estimate of drug-likeness (QED) is 0.321. The lowest BCUT2D eigenvalue weighted by atomic mass is 9.92. The topological polar surface area (TPSA) is 78.7 Å². The van der Waals surface area contributed by atoms with E-state index < -0.39 is 5.41 Å². The lowest BCUT2D eigenvalue weighted by Crippen LogP contribution is -2.46. The van der Waals surface area contributed by atoms with Crippen LogP contribution in [-0.4, -0.2) is 38.0 Å². The summed E-state index contributed by atoms with van der Waals surface area (Å²) in [6.45, 7) is 5.01. The minimum absolute atomic E-state index is 0. The van der Waals surface area contributed by atoms with Crippen LogP contribution < -0.4 is 16.0 Å². The van der Waals surface area contributed by atoms with Crippen LogP contribution in [0.1, 0.15) is 51.7 Å². The molecule has 3 N–H and O–H groups in total. The zero-order chi connectivity index (χ0) is 18.1. The first-order valence-electron chi connectivity index (χ1n) is 9.30. The molecule has 26 heavy (non-hydrogen) atoms. The average Bonchev–Trinajstić information content (AvgIpc) is 3.13. The molecule has 6 nitrogen and oxygen atoms in total. The normalized spacial score (nSPS) is 15.9. The summed E-state index contributed by atoms with van der Waals surface area (Å²) in [5.74, 6) is 1.74. The fourth-order valence-electron chi connectivity index (χ4n) is 3.04. The van der Waals surface area contributed by atoms with Gasteiger partial charge in [0.1, 0.15) is 5.76 Å². The number of rotatable bonds is 7. The summed E-state index contributed by atoms with van der Waals surface area (Å²) in [5, 5.41) is 9.63. The highest BCUT2D eigenvalue weighted by molar-refractivity contribution is 14.0. The molecule has 1 aliphatic carbocycles. The van der Waals surface area contributed by atoms with Crippen molar-refractivity contribution >= 4 is 35.8 Å². The number of nitrogens with one attached hydrogen (secondary N) is 3. The van der Waals surface area contributed by atoms with Crippen molar-refractivity contribution in [1.82, 2.24) is 16.0 Å². The van der Waals surface area contributed by atoms with E-state index in [1.807, 2.05) is 26.0 Å². The predicted molar refractivity (Wildman–Crippen MR) is 116 cm³/mol. The van der Waals surface area contributed by atoms with Gasteiger partial charge in [0, 0.05) is 26.1 Å². The summed E-state index contributed by atoms with van der Waals surface area (Å²) in [6, 6.07) is 4.34. The molecule has 1 amide bonds. The Kier molecular flexibility index (Phi) is 10.0. The first-order chi connectivity index (χ1) is 12.0. The van der Waals surface area contributed by atoms with E-state index in [1.165, 1.54) is 32.1 Å². The van der Waals surface area contributed by atoms with Crippen molar-refractivity contribution in [2.75, 3.05) is 20.1 Å². The van der Waals surface area contributed by atoms with E-state index in [9.17, 15) is 4.79 Å². The molecule has 0 spiro atoms.